The van der Waals surface area contributed by atoms with Gasteiger partial charge in [-0.2, -0.15) is 0 Å². The average Bonchev–Trinajstić information content (AvgIpc) is 2.60. The zero-order valence-corrected chi connectivity index (χ0v) is 12.0. The number of hydrogen-bond acceptors (Lipinski definition) is 3. The minimum Gasteiger partial charge on any atom is -0.379 e. The molecule has 2 heterocycles. The van der Waals surface area contributed by atoms with Gasteiger partial charge in [-0.3, -0.25) is 9.69 Å². The van der Waals surface area contributed by atoms with Gasteiger partial charge in [0.2, 0.25) is 5.91 Å². The molecule has 1 spiro atoms. The van der Waals surface area contributed by atoms with E-state index in [9.17, 15) is 4.79 Å². The van der Waals surface area contributed by atoms with Crippen LogP contribution in [0, 0.1) is 5.41 Å². The Hall–Kier alpha value is -1.39. The van der Waals surface area contributed by atoms with Crippen LogP contribution in [0.1, 0.15) is 12.0 Å². The van der Waals surface area contributed by atoms with Gasteiger partial charge >= 0.3 is 0 Å². The minimum atomic E-state index is -0.0168. The Kier molecular flexibility index (Phi) is 3.76. The van der Waals surface area contributed by atoms with Crippen LogP contribution in [0.5, 0.6) is 0 Å². The van der Waals surface area contributed by atoms with E-state index in [1.54, 1.807) is 0 Å². The first kappa shape index (κ1) is 13.6. The third kappa shape index (κ3) is 2.86. The summed E-state index contributed by atoms with van der Waals surface area (Å²) in [5, 5.41) is 0. The Morgan fingerprint density at radius 2 is 2.05 bits per heavy atom. The van der Waals surface area contributed by atoms with Crippen molar-refractivity contribution in [1.82, 2.24) is 9.80 Å². The van der Waals surface area contributed by atoms with Gasteiger partial charge in [0.1, 0.15) is 0 Å². The van der Waals surface area contributed by atoms with Gasteiger partial charge in [0.25, 0.3) is 0 Å². The molecule has 4 heteroatoms. The second kappa shape index (κ2) is 5.54. The second-order valence-electron chi connectivity index (χ2n) is 6.18. The molecule has 0 saturated carbocycles. The Bertz CT molecular complexity index is 477. The molecule has 1 atom stereocenters. The first-order valence-electron chi connectivity index (χ1n) is 7.25. The summed E-state index contributed by atoms with van der Waals surface area (Å²) >= 11 is 0. The van der Waals surface area contributed by atoms with Crippen molar-refractivity contribution in [2.45, 2.75) is 13.0 Å². The lowest BCUT2D eigenvalue weighted by molar-refractivity contribution is -0.126. The molecular formula is C16H22N2O2. The molecule has 1 amide bonds. The SMILES string of the molecule is CN1CC2(COCCN(Cc3ccccc3)C2)CC1=O. The second-order valence-corrected chi connectivity index (χ2v) is 6.18. The monoisotopic (exact) mass is 274 g/mol. The Labute approximate surface area is 120 Å². The summed E-state index contributed by atoms with van der Waals surface area (Å²) in [5.41, 5.74) is 1.30. The van der Waals surface area contributed by atoms with Crippen LogP contribution < -0.4 is 0 Å². The largest absolute Gasteiger partial charge is 0.379 e. The number of benzene rings is 1. The molecule has 0 aromatic heterocycles. The summed E-state index contributed by atoms with van der Waals surface area (Å²) in [6, 6.07) is 10.5. The van der Waals surface area contributed by atoms with Gasteiger partial charge < -0.3 is 9.64 Å². The van der Waals surface area contributed by atoms with Gasteiger partial charge in [-0.1, -0.05) is 30.3 Å². The lowest BCUT2D eigenvalue weighted by Crippen LogP contribution is -2.40. The van der Waals surface area contributed by atoms with Gasteiger partial charge in [-0.15, -0.1) is 0 Å². The van der Waals surface area contributed by atoms with E-state index in [0.29, 0.717) is 13.0 Å². The van der Waals surface area contributed by atoms with Crippen molar-refractivity contribution in [3.63, 3.8) is 0 Å². The molecule has 0 radical (unpaired) electrons. The molecule has 1 aromatic rings. The van der Waals surface area contributed by atoms with Crippen LogP contribution in [0.2, 0.25) is 0 Å². The maximum atomic E-state index is 11.9. The summed E-state index contributed by atoms with van der Waals surface area (Å²) in [7, 11) is 1.89. The fourth-order valence-corrected chi connectivity index (χ4v) is 3.36. The number of likely N-dealkylation sites (tertiary alicyclic amines) is 1. The van der Waals surface area contributed by atoms with Crippen molar-refractivity contribution in [1.29, 1.82) is 0 Å². The molecule has 0 bridgehead atoms. The maximum Gasteiger partial charge on any atom is 0.223 e. The summed E-state index contributed by atoms with van der Waals surface area (Å²) < 4.78 is 5.78. The molecule has 2 aliphatic heterocycles. The van der Waals surface area contributed by atoms with Crippen LogP contribution in [0.15, 0.2) is 30.3 Å². The first-order chi connectivity index (χ1) is 9.67. The van der Waals surface area contributed by atoms with E-state index in [0.717, 1.165) is 32.8 Å². The van der Waals surface area contributed by atoms with Gasteiger partial charge in [0.05, 0.1) is 13.2 Å². The standard InChI is InChI=1S/C16H22N2O2/c1-17-11-16(9-15(17)19)12-18(7-8-20-13-16)10-14-5-3-2-4-6-14/h2-6H,7-13H2,1H3. The van der Waals surface area contributed by atoms with E-state index in [2.05, 4.69) is 29.2 Å². The fourth-order valence-electron chi connectivity index (χ4n) is 3.36. The Morgan fingerprint density at radius 1 is 1.25 bits per heavy atom. The highest BCUT2D eigenvalue weighted by Gasteiger charge is 2.44. The summed E-state index contributed by atoms with van der Waals surface area (Å²) in [6.45, 7) is 5.09. The van der Waals surface area contributed by atoms with E-state index in [4.69, 9.17) is 4.74 Å². The molecule has 0 aliphatic carbocycles. The van der Waals surface area contributed by atoms with E-state index in [-0.39, 0.29) is 11.3 Å². The summed E-state index contributed by atoms with van der Waals surface area (Å²) in [6.07, 6.45) is 0.620. The minimum absolute atomic E-state index is 0.0168. The Morgan fingerprint density at radius 3 is 2.75 bits per heavy atom. The third-order valence-corrected chi connectivity index (χ3v) is 4.29. The lowest BCUT2D eigenvalue weighted by atomic mass is 9.87. The summed E-state index contributed by atoms with van der Waals surface area (Å²) in [5.74, 6) is 0.246. The molecule has 0 N–H and O–H groups in total. The highest BCUT2D eigenvalue weighted by molar-refractivity contribution is 5.79. The van der Waals surface area contributed by atoms with Crippen molar-refractivity contribution in [3.05, 3.63) is 35.9 Å². The maximum absolute atomic E-state index is 11.9. The third-order valence-electron chi connectivity index (χ3n) is 4.29. The predicted octanol–water partition coefficient (Wildman–Crippen LogP) is 1.37. The van der Waals surface area contributed by atoms with Crippen molar-refractivity contribution >= 4 is 5.91 Å². The van der Waals surface area contributed by atoms with Crippen LogP contribution in [0.25, 0.3) is 0 Å². The van der Waals surface area contributed by atoms with Crippen molar-refractivity contribution < 1.29 is 9.53 Å². The van der Waals surface area contributed by atoms with Crippen LogP contribution in [0.4, 0.5) is 0 Å². The van der Waals surface area contributed by atoms with E-state index in [1.165, 1.54) is 5.56 Å². The van der Waals surface area contributed by atoms with Crippen LogP contribution in [-0.4, -0.2) is 55.6 Å². The molecule has 20 heavy (non-hydrogen) atoms. The fraction of sp³-hybridized carbons (Fsp3) is 0.562. The van der Waals surface area contributed by atoms with Crippen molar-refractivity contribution in [2.24, 2.45) is 5.41 Å². The number of hydrogen-bond donors (Lipinski definition) is 0. The number of carbonyl (C=O) groups is 1. The number of rotatable bonds is 2. The molecule has 3 rings (SSSR count). The molecule has 2 saturated heterocycles. The first-order valence-corrected chi connectivity index (χ1v) is 7.25. The van der Waals surface area contributed by atoms with Crippen molar-refractivity contribution in [3.8, 4) is 0 Å². The Balaban J connectivity index is 1.71. The highest BCUT2D eigenvalue weighted by Crippen LogP contribution is 2.33. The van der Waals surface area contributed by atoms with Crippen LogP contribution >= 0.6 is 0 Å². The summed E-state index contributed by atoms with van der Waals surface area (Å²) in [4.78, 5) is 16.1. The van der Waals surface area contributed by atoms with E-state index >= 15 is 0 Å². The van der Waals surface area contributed by atoms with Gasteiger partial charge in [-0.05, 0) is 5.56 Å². The van der Waals surface area contributed by atoms with E-state index in [1.807, 2.05) is 18.0 Å². The van der Waals surface area contributed by atoms with Crippen LogP contribution in [0.3, 0.4) is 0 Å². The highest BCUT2D eigenvalue weighted by atomic mass is 16.5. The van der Waals surface area contributed by atoms with E-state index < -0.39 is 0 Å². The number of carbonyl (C=O) groups excluding carboxylic acids is 1. The zero-order valence-electron chi connectivity index (χ0n) is 12.0. The quantitative estimate of drug-likeness (QED) is 0.816. The molecular weight excluding hydrogens is 252 g/mol. The van der Waals surface area contributed by atoms with Gasteiger partial charge in [-0.25, -0.2) is 0 Å². The molecule has 1 aromatic carbocycles. The lowest BCUT2D eigenvalue weighted by Gasteiger charge is -2.30. The molecule has 2 aliphatic rings. The van der Waals surface area contributed by atoms with Crippen molar-refractivity contribution in [2.75, 3.05) is 39.9 Å². The van der Waals surface area contributed by atoms with Gasteiger partial charge in [0, 0.05) is 45.1 Å². The van der Waals surface area contributed by atoms with Gasteiger partial charge in [0.15, 0.2) is 0 Å². The predicted molar refractivity (Wildman–Crippen MR) is 77.2 cm³/mol. The smallest absolute Gasteiger partial charge is 0.223 e. The average molecular weight is 274 g/mol. The topological polar surface area (TPSA) is 32.8 Å². The molecule has 2 fully saturated rings. The zero-order chi connectivity index (χ0) is 14.0. The molecule has 4 nitrogen and oxygen atoms in total. The molecule has 108 valence electrons. The van der Waals surface area contributed by atoms with Crippen LogP contribution in [-0.2, 0) is 16.1 Å². The molecule has 1 unspecified atom stereocenters. The number of amides is 1. The number of nitrogens with zero attached hydrogens (tertiary/aromatic N) is 2. The number of ether oxygens (including phenoxy) is 1. The normalized spacial score (nSPS) is 28.1.